The number of nitrogens with one attached hydrogen (secondary N) is 1. The van der Waals surface area contributed by atoms with Crippen molar-refractivity contribution in [2.45, 2.75) is 50.8 Å². The quantitative estimate of drug-likeness (QED) is 0.781. The lowest BCUT2D eigenvalue weighted by molar-refractivity contribution is -0.130. The van der Waals surface area contributed by atoms with Crippen molar-refractivity contribution in [3.8, 4) is 0 Å². The van der Waals surface area contributed by atoms with Gasteiger partial charge in [-0.15, -0.1) is 0 Å². The van der Waals surface area contributed by atoms with E-state index in [9.17, 15) is 4.79 Å². The Hall–Kier alpha value is -0.610. The van der Waals surface area contributed by atoms with Crippen molar-refractivity contribution in [3.63, 3.8) is 0 Å². The van der Waals surface area contributed by atoms with Crippen LogP contribution in [0.1, 0.15) is 32.6 Å². The van der Waals surface area contributed by atoms with Crippen LogP contribution in [0.2, 0.25) is 0 Å². The van der Waals surface area contributed by atoms with Gasteiger partial charge in [0.15, 0.2) is 0 Å². The molecule has 1 unspecified atom stereocenters. The van der Waals surface area contributed by atoms with Gasteiger partial charge in [0.05, 0.1) is 12.1 Å². The van der Waals surface area contributed by atoms with Crippen molar-refractivity contribution in [1.29, 1.82) is 0 Å². The van der Waals surface area contributed by atoms with Gasteiger partial charge >= 0.3 is 0 Å². The van der Waals surface area contributed by atoms with Gasteiger partial charge in [-0.05, 0) is 32.6 Å². The van der Waals surface area contributed by atoms with Crippen molar-refractivity contribution >= 4 is 5.91 Å². The third-order valence-corrected chi connectivity index (χ3v) is 3.30. The van der Waals surface area contributed by atoms with Crippen LogP contribution in [-0.2, 0) is 9.53 Å². The highest BCUT2D eigenvalue weighted by Gasteiger charge is 2.24. The molecule has 1 N–H and O–H groups in total. The molecule has 0 heterocycles. The van der Waals surface area contributed by atoms with Crippen LogP contribution in [0.4, 0.5) is 0 Å². The minimum absolute atomic E-state index is 0.0842. The molecule has 0 spiro atoms. The normalized spacial score (nSPS) is 27.5. The van der Waals surface area contributed by atoms with Gasteiger partial charge in [-0.3, -0.25) is 4.79 Å². The van der Waals surface area contributed by atoms with Crippen LogP contribution >= 0.6 is 0 Å². The fraction of sp³-hybridized carbons (Fsp3) is 0.917. The monoisotopic (exact) mass is 228 g/mol. The van der Waals surface area contributed by atoms with Gasteiger partial charge in [-0.2, -0.15) is 0 Å². The standard InChI is InChI=1S/C12H24N2O2/c1-9(12(15)14(2)3)13-10-5-7-11(16-4)8-6-10/h9-11,13H,5-8H2,1-4H3. The summed E-state index contributed by atoms with van der Waals surface area (Å²) in [4.78, 5) is 13.3. The molecule has 1 aliphatic carbocycles. The molecule has 94 valence electrons. The summed E-state index contributed by atoms with van der Waals surface area (Å²) in [6.07, 6.45) is 4.80. The fourth-order valence-electron chi connectivity index (χ4n) is 2.28. The Morgan fingerprint density at radius 2 is 1.88 bits per heavy atom. The molecule has 1 rings (SSSR count). The second kappa shape index (κ2) is 6.21. The zero-order chi connectivity index (χ0) is 12.1. The number of amides is 1. The predicted molar refractivity (Wildman–Crippen MR) is 64.3 cm³/mol. The van der Waals surface area contributed by atoms with E-state index in [1.165, 1.54) is 0 Å². The highest BCUT2D eigenvalue weighted by Crippen LogP contribution is 2.20. The molecule has 4 heteroatoms. The van der Waals surface area contributed by atoms with E-state index in [1.807, 2.05) is 6.92 Å². The second-order valence-corrected chi connectivity index (χ2v) is 4.83. The van der Waals surface area contributed by atoms with Crippen LogP contribution in [-0.4, -0.2) is 50.2 Å². The van der Waals surface area contributed by atoms with E-state index in [4.69, 9.17) is 4.74 Å². The largest absolute Gasteiger partial charge is 0.381 e. The van der Waals surface area contributed by atoms with Gasteiger partial charge in [0.2, 0.25) is 5.91 Å². The summed E-state index contributed by atoms with van der Waals surface area (Å²) < 4.78 is 5.33. The summed E-state index contributed by atoms with van der Waals surface area (Å²) in [5.74, 6) is 0.147. The lowest BCUT2D eigenvalue weighted by atomic mass is 9.92. The summed E-state index contributed by atoms with van der Waals surface area (Å²) in [6.45, 7) is 1.94. The van der Waals surface area contributed by atoms with Gasteiger partial charge in [0, 0.05) is 27.2 Å². The van der Waals surface area contributed by atoms with E-state index in [0.29, 0.717) is 12.1 Å². The van der Waals surface area contributed by atoms with Crippen LogP contribution in [0.15, 0.2) is 0 Å². The minimum Gasteiger partial charge on any atom is -0.381 e. The molecule has 0 aromatic carbocycles. The summed E-state index contributed by atoms with van der Waals surface area (Å²) in [5, 5.41) is 3.40. The molecule has 1 amide bonds. The maximum absolute atomic E-state index is 11.7. The Morgan fingerprint density at radius 3 is 2.31 bits per heavy atom. The van der Waals surface area contributed by atoms with Crippen molar-refractivity contribution in [2.24, 2.45) is 0 Å². The first kappa shape index (κ1) is 13.5. The zero-order valence-corrected chi connectivity index (χ0v) is 10.8. The van der Waals surface area contributed by atoms with Crippen LogP contribution in [0.3, 0.4) is 0 Å². The molecule has 1 fully saturated rings. The number of methoxy groups -OCH3 is 1. The number of carbonyl (C=O) groups excluding carboxylic acids is 1. The van der Waals surface area contributed by atoms with E-state index >= 15 is 0 Å². The second-order valence-electron chi connectivity index (χ2n) is 4.83. The lowest BCUT2D eigenvalue weighted by Crippen LogP contribution is -2.47. The number of likely N-dealkylation sites (N-methyl/N-ethyl adjacent to an activating group) is 1. The van der Waals surface area contributed by atoms with Crippen LogP contribution in [0.5, 0.6) is 0 Å². The molecule has 0 aromatic rings. The first-order valence-electron chi connectivity index (χ1n) is 6.04. The van der Waals surface area contributed by atoms with Crippen molar-refractivity contribution in [3.05, 3.63) is 0 Å². The average molecular weight is 228 g/mol. The third-order valence-electron chi connectivity index (χ3n) is 3.30. The molecular weight excluding hydrogens is 204 g/mol. The topological polar surface area (TPSA) is 41.6 Å². The molecule has 1 aliphatic rings. The van der Waals surface area contributed by atoms with E-state index in [0.717, 1.165) is 25.7 Å². The SMILES string of the molecule is COC1CCC(NC(C)C(=O)N(C)C)CC1. The molecule has 16 heavy (non-hydrogen) atoms. The number of rotatable bonds is 4. The Kier molecular flexibility index (Phi) is 5.22. The van der Waals surface area contributed by atoms with E-state index in [1.54, 1.807) is 26.1 Å². The summed E-state index contributed by atoms with van der Waals surface area (Å²) in [5.41, 5.74) is 0. The molecular formula is C12H24N2O2. The number of nitrogens with zero attached hydrogens (tertiary/aromatic N) is 1. The van der Waals surface area contributed by atoms with Gasteiger partial charge in [-0.1, -0.05) is 0 Å². The first-order valence-corrected chi connectivity index (χ1v) is 6.04. The van der Waals surface area contributed by atoms with Gasteiger partial charge in [0.25, 0.3) is 0 Å². The van der Waals surface area contributed by atoms with Gasteiger partial charge < -0.3 is 15.0 Å². The highest BCUT2D eigenvalue weighted by molar-refractivity contribution is 5.80. The van der Waals surface area contributed by atoms with Crippen LogP contribution < -0.4 is 5.32 Å². The molecule has 0 aliphatic heterocycles. The van der Waals surface area contributed by atoms with Crippen molar-refractivity contribution in [1.82, 2.24) is 10.2 Å². The van der Waals surface area contributed by atoms with Crippen molar-refractivity contribution < 1.29 is 9.53 Å². The summed E-state index contributed by atoms with van der Waals surface area (Å²) >= 11 is 0. The van der Waals surface area contributed by atoms with Crippen LogP contribution in [0.25, 0.3) is 0 Å². The molecule has 0 radical (unpaired) electrons. The first-order chi connectivity index (χ1) is 7.54. The Balaban J connectivity index is 2.30. The van der Waals surface area contributed by atoms with E-state index < -0.39 is 0 Å². The highest BCUT2D eigenvalue weighted by atomic mass is 16.5. The van der Waals surface area contributed by atoms with E-state index in [-0.39, 0.29) is 11.9 Å². The molecule has 1 atom stereocenters. The third kappa shape index (κ3) is 3.76. The minimum atomic E-state index is -0.0842. The molecule has 0 bridgehead atoms. The Bertz CT molecular complexity index is 223. The Morgan fingerprint density at radius 1 is 1.31 bits per heavy atom. The maximum atomic E-state index is 11.7. The number of hydrogen-bond donors (Lipinski definition) is 1. The van der Waals surface area contributed by atoms with E-state index in [2.05, 4.69) is 5.32 Å². The molecule has 0 saturated heterocycles. The zero-order valence-electron chi connectivity index (χ0n) is 10.8. The summed E-state index contributed by atoms with van der Waals surface area (Å²) in [6, 6.07) is 0.379. The number of ether oxygens (including phenoxy) is 1. The predicted octanol–water partition coefficient (Wildman–Crippen LogP) is 1.01. The molecule has 4 nitrogen and oxygen atoms in total. The fourth-order valence-corrected chi connectivity index (χ4v) is 2.28. The molecule has 1 saturated carbocycles. The van der Waals surface area contributed by atoms with Crippen molar-refractivity contribution in [2.75, 3.05) is 21.2 Å². The van der Waals surface area contributed by atoms with Gasteiger partial charge in [0.1, 0.15) is 0 Å². The molecule has 0 aromatic heterocycles. The van der Waals surface area contributed by atoms with Crippen LogP contribution in [0, 0.1) is 0 Å². The average Bonchev–Trinajstić information content (AvgIpc) is 2.28. The van der Waals surface area contributed by atoms with Gasteiger partial charge in [-0.25, -0.2) is 0 Å². The number of carbonyl (C=O) groups is 1. The maximum Gasteiger partial charge on any atom is 0.238 e. The summed E-state index contributed by atoms with van der Waals surface area (Å²) in [7, 11) is 5.36. The lowest BCUT2D eigenvalue weighted by Gasteiger charge is -2.30. The smallest absolute Gasteiger partial charge is 0.238 e. The number of hydrogen-bond acceptors (Lipinski definition) is 3. The Labute approximate surface area is 98.3 Å².